The second-order valence-corrected chi connectivity index (χ2v) is 13.5. The number of esters is 1. The number of carbonyl (C=O) groups is 4. The lowest BCUT2D eigenvalue weighted by Crippen LogP contribution is -2.40. The number of nitro groups is 1. The largest absolute Gasteiger partial charge is 0.454 e. The molecule has 3 fully saturated rings. The number of hydrogen-bond donors (Lipinski definition) is 0. The number of carbonyl (C=O) groups excluding carboxylic acids is 4. The number of nitro benzene ring substituents is 1. The highest BCUT2D eigenvalue weighted by atomic mass is 35.5. The Morgan fingerprint density at radius 2 is 1.62 bits per heavy atom. The second kappa shape index (κ2) is 10.9. The summed E-state index contributed by atoms with van der Waals surface area (Å²) in [6, 6.07) is 15.9. The van der Waals surface area contributed by atoms with Gasteiger partial charge in [-0.3, -0.25) is 29.4 Å². The number of imide groups is 1. The van der Waals surface area contributed by atoms with Gasteiger partial charge in [0.25, 0.3) is 5.69 Å². The van der Waals surface area contributed by atoms with Crippen LogP contribution in [0.5, 0.6) is 0 Å². The Kier molecular flexibility index (Phi) is 6.85. The van der Waals surface area contributed by atoms with Crippen molar-refractivity contribution in [2.75, 3.05) is 11.5 Å². The molecule has 48 heavy (non-hydrogen) atoms. The van der Waals surface area contributed by atoms with Crippen LogP contribution >= 0.6 is 11.6 Å². The van der Waals surface area contributed by atoms with Crippen molar-refractivity contribution in [3.63, 3.8) is 0 Å². The molecule has 1 aromatic heterocycles. The molecular formula is C37H28ClN3O7. The van der Waals surface area contributed by atoms with Crippen LogP contribution < -0.4 is 4.90 Å². The van der Waals surface area contributed by atoms with Gasteiger partial charge in [0.05, 0.1) is 39.2 Å². The molecule has 0 radical (unpaired) electrons. The van der Waals surface area contributed by atoms with Crippen molar-refractivity contribution in [3.8, 4) is 11.3 Å². The first-order valence-electron chi connectivity index (χ1n) is 15.7. The first kappa shape index (κ1) is 30.1. The predicted octanol–water partition coefficient (Wildman–Crippen LogP) is 6.68. The standard InChI is InChI=1S/C37H28ClN3O7/c1-17-3-4-20(13-30(17)41(46)47)31(42)16-48-37(45)27-15-29(39-34-18(2)28(38)12-11-24(27)34)19-5-7-21(8-6-19)40-35(43)32-22-9-10-23(26-14-25(22)26)33(32)36(40)44/h3-13,15,22-23,25-26,32-33H,14,16H2,1-2H3. The lowest BCUT2D eigenvalue weighted by Gasteiger charge is -2.37. The van der Waals surface area contributed by atoms with E-state index in [1.54, 1.807) is 56.3 Å². The molecule has 6 atom stereocenters. The first-order valence-corrected chi connectivity index (χ1v) is 16.1. The van der Waals surface area contributed by atoms with Crippen LogP contribution in [0.4, 0.5) is 11.4 Å². The molecule has 9 rings (SSSR count). The summed E-state index contributed by atoms with van der Waals surface area (Å²) in [5.74, 6) is -0.968. The molecule has 4 aromatic rings. The van der Waals surface area contributed by atoms with Crippen LogP contribution in [0.2, 0.25) is 5.02 Å². The third kappa shape index (κ3) is 4.57. The molecule has 6 unspecified atom stereocenters. The van der Waals surface area contributed by atoms with Crippen LogP contribution in [0, 0.1) is 59.5 Å². The van der Waals surface area contributed by atoms with Gasteiger partial charge in [0, 0.05) is 33.2 Å². The lowest BCUT2D eigenvalue weighted by molar-refractivity contribution is -0.385. The van der Waals surface area contributed by atoms with E-state index >= 15 is 0 Å². The van der Waals surface area contributed by atoms with Gasteiger partial charge >= 0.3 is 5.97 Å². The number of rotatable bonds is 7. The molecule has 5 aliphatic rings. The van der Waals surface area contributed by atoms with Gasteiger partial charge in [-0.2, -0.15) is 0 Å². The number of anilines is 1. The van der Waals surface area contributed by atoms with Crippen molar-refractivity contribution < 1.29 is 28.8 Å². The van der Waals surface area contributed by atoms with Crippen LogP contribution in [-0.4, -0.2) is 40.1 Å². The Balaban J connectivity index is 1.08. The molecular weight excluding hydrogens is 634 g/mol. The van der Waals surface area contributed by atoms with Gasteiger partial charge in [0.1, 0.15) is 0 Å². The molecule has 11 heteroatoms. The minimum absolute atomic E-state index is 0.0537. The average Bonchev–Trinajstić information content (AvgIpc) is 3.87. The maximum atomic E-state index is 13.6. The highest BCUT2D eigenvalue weighted by Crippen LogP contribution is 2.65. The van der Waals surface area contributed by atoms with Gasteiger partial charge in [-0.05, 0) is 73.8 Å². The van der Waals surface area contributed by atoms with Crippen molar-refractivity contribution in [1.29, 1.82) is 0 Å². The number of nitrogens with zero attached hydrogens (tertiary/aromatic N) is 3. The summed E-state index contributed by atoms with van der Waals surface area (Å²) in [4.78, 5) is 70.4. The number of benzene rings is 3. The Hall–Kier alpha value is -5.22. The predicted molar refractivity (Wildman–Crippen MR) is 177 cm³/mol. The van der Waals surface area contributed by atoms with Gasteiger partial charge < -0.3 is 4.74 Å². The summed E-state index contributed by atoms with van der Waals surface area (Å²) in [5.41, 5.74) is 3.05. The fourth-order valence-electron chi connectivity index (χ4n) is 7.99. The number of aromatic nitrogens is 1. The van der Waals surface area contributed by atoms with Gasteiger partial charge in [-0.1, -0.05) is 54.1 Å². The summed E-state index contributed by atoms with van der Waals surface area (Å²) >= 11 is 6.42. The van der Waals surface area contributed by atoms with Gasteiger partial charge in [0.15, 0.2) is 6.61 Å². The van der Waals surface area contributed by atoms with Crippen molar-refractivity contribution in [1.82, 2.24) is 4.98 Å². The number of aryl methyl sites for hydroxylation is 2. The number of ketones is 1. The summed E-state index contributed by atoms with van der Waals surface area (Å²) in [5, 5.41) is 12.3. The fourth-order valence-corrected chi connectivity index (χ4v) is 8.14. The Morgan fingerprint density at radius 1 is 0.958 bits per heavy atom. The number of fused-ring (bicyclic) bond motifs is 1. The quantitative estimate of drug-likeness (QED) is 0.0534. The molecule has 1 aliphatic heterocycles. The van der Waals surface area contributed by atoms with Crippen molar-refractivity contribution in [2.45, 2.75) is 20.3 Å². The highest BCUT2D eigenvalue weighted by molar-refractivity contribution is 6.32. The number of amides is 2. The zero-order chi connectivity index (χ0) is 33.6. The first-order chi connectivity index (χ1) is 23.0. The highest BCUT2D eigenvalue weighted by Gasteiger charge is 2.67. The van der Waals surface area contributed by atoms with Gasteiger partial charge in [-0.25, -0.2) is 9.78 Å². The average molecular weight is 662 g/mol. The second-order valence-electron chi connectivity index (χ2n) is 13.1. The number of Topliss-reactive ketones (excluding diaryl/α,β-unsaturated/α-hetero) is 1. The number of allylic oxidation sites excluding steroid dienone is 2. The molecule has 1 saturated heterocycles. The maximum absolute atomic E-state index is 13.6. The number of pyridine rings is 1. The molecule has 2 amide bonds. The van der Waals surface area contributed by atoms with E-state index in [4.69, 9.17) is 21.3 Å². The topological polar surface area (TPSA) is 137 Å². The molecule has 2 bridgehead atoms. The minimum Gasteiger partial charge on any atom is -0.454 e. The molecule has 10 nitrogen and oxygen atoms in total. The van der Waals surface area contributed by atoms with Crippen LogP contribution in [-0.2, 0) is 14.3 Å². The van der Waals surface area contributed by atoms with E-state index in [2.05, 4.69) is 12.2 Å². The van der Waals surface area contributed by atoms with E-state index in [9.17, 15) is 29.3 Å². The zero-order valence-electron chi connectivity index (χ0n) is 25.9. The minimum atomic E-state index is -0.783. The van der Waals surface area contributed by atoms with Gasteiger partial charge in [0.2, 0.25) is 17.6 Å². The van der Waals surface area contributed by atoms with Crippen molar-refractivity contribution in [3.05, 3.63) is 110 Å². The summed E-state index contributed by atoms with van der Waals surface area (Å²) in [7, 11) is 0. The van der Waals surface area contributed by atoms with E-state index in [1.807, 2.05) is 0 Å². The van der Waals surface area contributed by atoms with Crippen LogP contribution in [0.25, 0.3) is 22.2 Å². The number of halogens is 1. The number of hydrogen-bond acceptors (Lipinski definition) is 8. The molecule has 4 aliphatic carbocycles. The SMILES string of the molecule is Cc1ccc(C(=O)COC(=O)c2cc(-c3ccc(N4C(=O)C5C6C=CC(C7CC67)C5C4=O)cc3)nc3c(C)c(Cl)ccc23)cc1[N+](=O)[O-]. The van der Waals surface area contributed by atoms with Crippen LogP contribution in [0.3, 0.4) is 0 Å². The van der Waals surface area contributed by atoms with E-state index in [0.717, 1.165) is 6.42 Å². The van der Waals surface area contributed by atoms with Crippen molar-refractivity contribution in [2.24, 2.45) is 35.5 Å². The van der Waals surface area contributed by atoms with E-state index in [-0.39, 0.29) is 52.3 Å². The summed E-state index contributed by atoms with van der Waals surface area (Å²) in [6.07, 6.45) is 5.38. The zero-order valence-corrected chi connectivity index (χ0v) is 26.6. The third-order valence-electron chi connectivity index (χ3n) is 10.5. The summed E-state index contributed by atoms with van der Waals surface area (Å²) in [6.45, 7) is 2.72. The Bertz CT molecular complexity index is 2120. The molecule has 240 valence electrons. The van der Waals surface area contributed by atoms with E-state index in [1.165, 1.54) is 23.1 Å². The normalized spacial score (nSPS) is 24.9. The molecule has 2 heterocycles. The smallest absolute Gasteiger partial charge is 0.339 e. The van der Waals surface area contributed by atoms with Crippen molar-refractivity contribution >= 4 is 57.4 Å². The summed E-state index contributed by atoms with van der Waals surface area (Å²) < 4.78 is 5.43. The maximum Gasteiger partial charge on any atom is 0.339 e. The monoisotopic (exact) mass is 661 g/mol. The van der Waals surface area contributed by atoms with Gasteiger partial charge in [-0.15, -0.1) is 0 Å². The molecule has 0 spiro atoms. The molecule has 2 saturated carbocycles. The third-order valence-corrected chi connectivity index (χ3v) is 10.9. The van der Waals surface area contributed by atoms with E-state index < -0.39 is 23.3 Å². The lowest BCUT2D eigenvalue weighted by atomic mass is 9.63. The molecule has 3 aromatic carbocycles. The van der Waals surface area contributed by atoms with Crippen LogP contribution in [0.15, 0.2) is 72.8 Å². The van der Waals surface area contributed by atoms with Crippen LogP contribution in [0.1, 0.15) is 38.3 Å². The number of ether oxygens (including phenoxy) is 1. The Labute approximate surface area is 279 Å². The Morgan fingerprint density at radius 3 is 2.27 bits per heavy atom. The molecule has 0 N–H and O–H groups in total. The van der Waals surface area contributed by atoms with E-state index in [0.29, 0.717) is 55.8 Å². The fraction of sp³-hybridized carbons (Fsp3) is 0.270.